The zero-order valence-corrected chi connectivity index (χ0v) is 7.51. The first kappa shape index (κ1) is 10.1. The number of hydrogen-bond acceptors (Lipinski definition) is 4. The lowest BCUT2D eigenvalue weighted by Crippen LogP contribution is -1.75. The Morgan fingerprint density at radius 2 is 2.20 bits per heavy atom. The molecule has 5 heteroatoms. The number of pyridine rings is 1. The van der Waals surface area contributed by atoms with Crippen molar-refractivity contribution < 1.29 is 0 Å². The Hall–Kier alpha value is 0.1000. The van der Waals surface area contributed by atoms with Crippen molar-refractivity contribution in [1.29, 1.82) is 0 Å². The van der Waals surface area contributed by atoms with Crippen LogP contribution in [0.5, 0.6) is 0 Å². The summed E-state index contributed by atoms with van der Waals surface area (Å²) in [5.41, 5.74) is 0. The van der Waals surface area contributed by atoms with E-state index in [1.807, 2.05) is 18.2 Å². The molecule has 56 valence electrons. The summed E-state index contributed by atoms with van der Waals surface area (Å²) in [4.78, 5) is 4.03. The fourth-order valence-corrected chi connectivity index (χ4v) is 1.37. The van der Waals surface area contributed by atoms with E-state index in [0.717, 1.165) is 5.03 Å². The fraction of sp³-hybridized carbons (Fsp3) is 0. The predicted octanol–water partition coefficient (Wildman–Crippen LogP) is 2.12. The normalized spacial score (nSPS) is 8.50. The Balaban J connectivity index is 0.000000810. The monoisotopic (exact) mass is 194 g/mol. The standard InChI is InChI=1S/C5H6N2S2.ClH/c6-9-8-5-3-1-2-4-7-5;/h1-4H,6H2;1H. The summed E-state index contributed by atoms with van der Waals surface area (Å²) in [5.74, 6) is 0. The van der Waals surface area contributed by atoms with Gasteiger partial charge in [-0.05, 0) is 33.9 Å². The summed E-state index contributed by atoms with van der Waals surface area (Å²) < 4.78 is 0. The summed E-state index contributed by atoms with van der Waals surface area (Å²) >= 11 is 0. The summed E-state index contributed by atoms with van der Waals surface area (Å²) in [6.45, 7) is 0. The van der Waals surface area contributed by atoms with Gasteiger partial charge < -0.3 is 0 Å². The van der Waals surface area contributed by atoms with Crippen LogP contribution in [0.2, 0.25) is 0 Å². The molecule has 0 aliphatic heterocycles. The molecule has 0 aromatic carbocycles. The maximum atomic E-state index is 5.20. The molecule has 2 nitrogen and oxygen atoms in total. The first-order chi connectivity index (χ1) is 4.43. The van der Waals surface area contributed by atoms with Gasteiger partial charge in [-0.15, -0.1) is 12.4 Å². The zero-order chi connectivity index (χ0) is 6.53. The molecular weight excluding hydrogens is 188 g/mol. The molecule has 0 fully saturated rings. The quantitative estimate of drug-likeness (QED) is 0.578. The Morgan fingerprint density at radius 1 is 1.40 bits per heavy atom. The SMILES string of the molecule is Cl.NSSc1ccccn1. The van der Waals surface area contributed by atoms with Gasteiger partial charge in [0.1, 0.15) is 5.03 Å². The van der Waals surface area contributed by atoms with E-state index in [1.165, 1.54) is 21.8 Å². The van der Waals surface area contributed by atoms with Crippen molar-refractivity contribution in [2.45, 2.75) is 5.03 Å². The van der Waals surface area contributed by atoms with Crippen LogP contribution in [0, 0.1) is 0 Å². The first-order valence-corrected chi connectivity index (χ1v) is 4.59. The van der Waals surface area contributed by atoms with Crippen LogP contribution in [0.1, 0.15) is 0 Å². The van der Waals surface area contributed by atoms with Gasteiger partial charge in [0, 0.05) is 6.20 Å². The van der Waals surface area contributed by atoms with Gasteiger partial charge in [-0.25, -0.2) is 4.98 Å². The Kier molecular flexibility index (Phi) is 5.91. The highest BCUT2D eigenvalue weighted by molar-refractivity contribution is 8.75. The molecule has 0 saturated carbocycles. The average molecular weight is 195 g/mol. The fourth-order valence-electron chi connectivity index (χ4n) is 0.446. The van der Waals surface area contributed by atoms with Crippen LogP contribution in [0.4, 0.5) is 0 Å². The minimum atomic E-state index is 0. The van der Waals surface area contributed by atoms with E-state index in [1.54, 1.807) is 6.20 Å². The number of halogens is 1. The van der Waals surface area contributed by atoms with Crippen LogP contribution in [0.3, 0.4) is 0 Å². The molecule has 0 aliphatic carbocycles. The number of rotatable bonds is 2. The average Bonchev–Trinajstić information content (AvgIpc) is 1.91. The summed E-state index contributed by atoms with van der Waals surface area (Å²) in [6.07, 6.45) is 1.75. The van der Waals surface area contributed by atoms with E-state index in [4.69, 9.17) is 5.14 Å². The second-order valence-electron chi connectivity index (χ2n) is 1.35. The smallest absolute Gasteiger partial charge is 0.108 e. The van der Waals surface area contributed by atoms with Gasteiger partial charge in [0.2, 0.25) is 0 Å². The Morgan fingerprint density at radius 3 is 2.70 bits per heavy atom. The number of hydrogen-bond donors (Lipinski definition) is 1. The summed E-state index contributed by atoms with van der Waals surface area (Å²) in [5, 5.41) is 6.15. The third-order valence-electron chi connectivity index (χ3n) is 0.771. The molecule has 0 spiro atoms. The van der Waals surface area contributed by atoms with Crippen molar-refractivity contribution in [2.24, 2.45) is 5.14 Å². The van der Waals surface area contributed by atoms with Gasteiger partial charge >= 0.3 is 0 Å². The minimum absolute atomic E-state index is 0. The van der Waals surface area contributed by atoms with Gasteiger partial charge in [0.05, 0.1) is 0 Å². The minimum Gasteiger partial charge on any atom is -0.268 e. The molecule has 0 unspecified atom stereocenters. The molecule has 10 heavy (non-hydrogen) atoms. The zero-order valence-electron chi connectivity index (χ0n) is 5.06. The highest BCUT2D eigenvalue weighted by Crippen LogP contribution is 2.22. The lowest BCUT2D eigenvalue weighted by molar-refractivity contribution is 1.14. The number of nitrogens with zero attached hydrogens (tertiary/aromatic N) is 1. The molecule has 0 atom stereocenters. The first-order valence-electron chi connectivity index (χ1n) is 2.38. The van der Waals surface area contributed by atoms with Gasteiger partial charge in [-0.1, -0.05) is 6.07 Å². The van der Waals surface area contributed by atoms with E-state index >= 15 is 0 Å². The molecular formula is C5H7ClN2S2. The maximum Gasteiger partial charge on any atom is 0.108 e. The van der Waals surface area contributed by atoms with Crippen LogP contribution >= 0.6 is 34.2 Å². The van der Waals surface area contributed by atoms with Gasteiger partial charge in [-0.3, -0.25) is 5.14 Å². The highest BCUT2D eigenvalue weighted by Gasteiger charge is 1.88. The summed E-state index contributed by atoms with van der Waals surface area (Å²) in [7, 11) is 2.67. The number of aromatic nitrogens is 1. The largest absolute Gasteiger partial charge is 0.268 e. The topological polar surface area (TPSA) is 38.9 Å². The molecule has 1 rings (SSSR count). The van der Waals surface area contributed by atoms with E-state index in [2.05, 4.69) is 4.98 Å². The van der Waals surface area contributed by atoms with Crippen molar-refractivity contribution in [2.75, 3.05) is 0 Å². The Labute approximate surface area is 73.9 Å². The van der Waals surface area contributed by atoms with E-state index < -0.39 is 0 Å². The summed E-state index contributed by atoms with van der Waals surface area (Å²) in [6, 6.07) is 5.74. The van der Waals surface area contributed by atoms with Crippen molar-refractivity contribution in [3.05, 3.63) is 24.4 Å². The lowest BCUT2D eigenvalue weighted by atomic mass is 10.5. The second-order valence-corrected chi connectivity index (χ2v) is 3.20. The van der Waals surface area contributed by atoms with Crippen LogP contribution < -0.4 is 5.14 Å². The molecule has 1 heterocycles. The molecule has 0 bridgehead atoms. The van der Waals surface area contributed by atoms with Crippen molar-refractivity contribution in [3.63, 3.8) is 0 Å². The third kappa shape index (κ3) is 3.31. The molecule has 1 aromatic heterocycles. The molecule has 1 aromatic rings. The molecule has 2 N–H and O–H groups in total. The number of nitrogens with two attached hydrogens (primary N) is 1. The lowest BCUT2D eigenvalue weighted by Gasteiger charge is -1.91. The molecule has 0 amide bonds. The molecule has 0 aliphatic rings. The van der Waals surface area contributed by atoms with Crippen LogP contribution in [0.15, 0.2) is 29.4 Å². The van der Waals surface area contributed by atoms with Crippen molar-refractivity contribution in [3.8, 4) is 0 Å². The van der Waals surface area contributed by atoms with Crippen LogP contribution in [-0.2, 0) is 0 Å². The molecule has 0 saturated heterocycles. The van der Waals surface area contributed by atoms with E-state index in [9.17, 15) is 0 Å². The van der Waals surface area contributed by atoms with Crippen molar-refractivity contribution >= 4 is 34.2 Å². The van der Waals surface area contributed by atoms with Gasteiger partial charge in [0.15, 0.2) is 0 Å². The van der Waals surface area contributed by atoms with E-state index in [0.29, 0.717) is 0 Å². The maximum absolute atomic E-state index is 5.20. The third-order valence-corrected chi connectivity index (χ3v) is 2.08. The van der Waals surface area contributed by atoms with Crippen LogP contribution in [0.25, 0.3) is 0 Å². The van der Waals surface area contributed by atoms with Gasteiger partial charge in [-0.2, -0.15) is 0 Å². The predicted molar refractivity (Wildman–Crippen MR) is 49.1 cm³/mol. The Bertz CT molecular complexity index is 171. The highest BCUT2D eigenvalue weighted by atomic mass is 35.5. The van der Waals surface area contributed by atoms with Crippen molar-refractivity contribution in [1.82, 2.24) is 4.98 Å². The van der Waals surface area contributed by atoms with Gasteiger partial charge in [0.25, 0.3) is 0 Å². The van der Waals surface area contributed by atoms with Crippen LogP contribution in [-0.4, -0.2) is 4.98 Å². The second kappa shape index (κ2) is 5.85. The molecule has 0 radical (unpaired) electrons. The van der Waals surface area contributed by atoms with E-state index in [-0.39, 0.29) is 12.4 Å².